The van der Waals surface area contributed by atoms with Crippen LogP contribution < -0.4 is 15.4 Å². The molecule has 1 aliphatic rings. The third-order valence-electron chi connectivity index (χ3n) is 5.97. The average Bonchev–Trinajstić information content (AvgIpc) is 3.40. The maximum absolute atomic E-state index is 12.3. The fraction of sp³-hybridized carbons (Fsp3) is 0.400. The number of aromatic nitrogens is 3. The molecule has 0 bridgehead atoms. The molecule has 168 valence electrons. The second-order valence-corrected chi connectivity index (χ2v) is 8.36. The third-order valence-corrected chi connectivity index (χ3v) is 5.97. The van der Waals surface area contributed by atoms with Gasteiger partial charge in [-0.25, -0.2) is 9.78 Å². The van der Waals surface area contributed by atoms with Gasteiger partial charge in [0.2, 0.25) is 5.88 Å². The molecule has 0 radical (unpaired) electrons. The van der Waals surface area contributed by atoms with Gasteiger partial charge in [0.1, 0.15) is 6.10 Å². The largest absolute Gasteiger partial charge is 0.474 e. The molecular weight excluding hydrogens is 402 g/mol. The van der Waals surface area contributed by atoms with Gasteiger partial charge in [-0.1, -0.05) is 36.4 Å². The van der Waals surface area contributed by atoms with Crippen LogP contribution in [0.4, 0.5) is 4.79 Å². The van der Waals surface area contributed by atoms with Gasteiger partial charge in [-0.05, 0) is 50.7 Å². The van der Waals surface area contributed by atoms with Gasteiger partial charge in [-0.3, -0.25) is 4.68 Å². The fourth-order valence-electron chi connectivity index (χ4n) is 4.08. The summed E-state index contributed by atoms with van der Waals surface area (Å²) in [6.07, 6.45) is 6.72. The molecule has 0 aliphatic heterocycles. The number of hydrogen-bond donors (Lipinski definition) is 2. The molecule has 1 fully saturated rings. The monoisotopic (exact) mass is 433 g/mol. The van der Waals surface area contributed by atoms with Crippen LogP contribution in [-0.4, -0.2) is 26.9 Å². The minimum atomic E-state index is -0.217. The minimum Gasteiger partial charge on any atom is -0.474 e. The highest BCUT2D eigenvalue weighted by atomic mass is 16.5. The number of benzene rings is 1. The van der Waals surface area contributed by atoms with Crippen molar-refractivity contribution in [1.29, 1.82) is 0 Å². The third kappa shape index (κ3) is 5.66. The molecule has 32 heavy (non-hydrogen) atoms. The topological polar surface area (TPSA) is 81.1 Å². The van der Waals surface area contributed by atoms with Crippen LogP contribution in [0.5, 0.6) is 5.88 Å². The van der Waals surface area contributed by atoms with E-state index in [9.17, 15) is 4.79 Å². The number of pyridine rings is 1. The summed E-state index contributed by atoms with van der Waals surface area (Å²) in [4.78, 5) is 16.7. The Morgan fingerprint density at radius 2 is 1.78 bits per heavy atom. The van der Waals surface area contributed by atoms with E-state index in [1.165, 1.54) is 18.4 Å². The Labute approximate surface area is 189 Å². The lowest BCUT2D eigenvalue weighted by Gasteiger charge is -2.12. The van der Waals surface area contributed by atoms with Gasteiger partial charge < -0.3 is 15.4 Å². The van der Waals surface area contributed by atoms with E-state index in [0.29, 0.717) is 31.6 Å². The van der Waals surface area contributed by atoms with E-state index in [2.05, 4.69) is 32.8 Å². The first-order valence-electron chi connectivity index (χ1n) is 11.3. The Kier molecular flexibility index (Phi) is 7.04. The molecule has 3 aromatic rings. The van der Waals surface area contributed by atoms with E-state index in [4.69, 9.17) is 4.74 Å². The van der Waals surface area contributed by atoms with E-state index in [-0.39, 0.29) is 6.03 Å². The maximum atomic E-state index is 12.3. The number of hydrogen-bond acceptors (Lipinski definition) is 4. The van der Waals surface area contributed by atoms with Crippen LogP contribution in [0, 0.1) is 13.8 Å². The van der Waals surface area contributed by atoms with E-state index in [1.54, 1.807) is 6.20 Å². The smallest absolute Gasteiger partial charge is 0.315 e. The van der Waals surface area contributed by atoms with Crippen molar-refractivity contribution in [3.05, 3.63) is 76.7 Å². The van der Waals surface area contributed by atoms with Crippen molar-refractivity contribution in [3.8, 4) is 5.88 Å². The van der Waals surface area contributed by atoms with E-state index < -0.39 is 0 Å². The highest BCUT2D eigenvalue weighted by molar-refractivity contribution is 5.73. The van der Waals surface area contributed by atoms with Gasteiger partial charge in [-0.2, -0.15) is 5.10 Å². The highest BCUT2D eigenvalue weighted by Gasteiger charge is 2.17. The summed E-state index contributed by atoms with van der Waals surface area (Å²) >= 11 is 0. The van der Waals surface area contributed by atoms with Crippen LogP contribution in [0.1, 0.15) is 53.8 Å². The number of nitrogens with one attached hydrogen (secondary N) is 2. The van der Waals surface area contributed by atoms with Gasteiger partial charge in [0.25, 0.3) is 0 Å². The number of carbonyl (C=O) groups excluding carboxylic acids is 1. The molecule has 7 nitrogen and oxygen atoms in total. The summed E-state index contributed by atoms with van der Waals surface area (Å²) < 4.78 is 7.87. The molecule has 0 unspecified atom stereocenters. The molecule has 4 rings (SSSR count). The second-order valence-electron chi connectivity index (χ2n) is 8.36. The summed E-state index contributed by atoms with van der Waals surface area (Å²) in [6, 6.07) is 13.8. The quantitative estimate of drug-likeness (QED) is 0.556. The van der Waals surface area contributed by atoms with Gasteiger partial charge in [-0.15, -0.1) is 0 Å². The number of ether oxygens (including phenoxy) is 1. The zero-order chi connectivity index (χ0) is 22.3. The fourth-order valence-corrected chi connectivity index (χ4v) is 4.08. The summed E-state index contributed by atoms with van der Waals surface area (Å²) in [6.45, 7) is 5.58. The van der Waals surface area contributed by atoms with Gasteiger partial charge in [0.15, 0.2) is 0 Å². The number of rotatable bonds is 8. The van der Waals surface area contributed by atoms with Crippen LogP contribution in [-0.2, 0) is 19.6 Å². The molecule has 2 heterocycles. The van der Waals surface area contributed by atoms with Crippen LogP contribution in [0.2, 0.25) is 0 Å². The molecule has 1 saturated carbocycles. The average molecular weight is 434 g/mol. The molecule has 0 spiro atoms. The van der Waals surface area contributed by atoms with Gasteiger partial charge in [0, 0.05) is 36.6 Å². The molecule has 2 N–H and O–H groups in total. The number of carbonyl (C=O) groups is 1. The van der Waals surface area contributed by atoms with Crippen molar-refractivity contribution in [2.45, 2.75) is 65.3 Å². The van der Waals surface area contributed by atoms with Gasteiger partial charge in [0.05, 0.1) is 12.2 Å². The van der Waals surface area contributed by atoms with E-state index in [1.807, 2.05) is 48.9 Å². The second kappa shape index (κ2) is 10.3. The summed E-state index contributed by atoms with van der Waals surface area (Å²) in [5, 5.41) is 10.5. The lowest BCUT2D eigenvalue weighted by atomic mass is 10.2. The van der Waals surface area contributed by atoms with E-state index >= 15 is 0 Å². The van der Waals surface area contributed by atoms with Crippen LogP contribution in [0.25, 0.3) is 0 Å². The molecule has 7 heteroatoms. The SMILES string of the molecule is Cc1nn(Cc2ccccc2)c(C)c1CNC(=O)NCc1ccc(OC2CCCC2)nc1. The number of amides is 2. The summed E-state index contributed by atoms with van der Waals surface area (Å²) in [5.74, 6) is 0.656. The lowest BCUT2D eigenvalue weighted by Crippen LogP contribution is -2.34. The Morgan fingerprint density at radius 3 is 2.50 bits per heavy atom. The summed E-state index contributed by atoms with van der Waals surface area (Å²) in [7, 11) is 0. The Morgan fingerprint density at radius 1 is 1.03 bits per heavy atom. The van der Waals surface area contributed by atoms with Gasteiger partial charge >= 0.3 is 6.03 Å². The van der Waals surface area contributed by atoms with Crippen molar-refractivity contribution < 1.29 is 9.53 Å². The molecule has 0 atom stereocenters. The first-order valence-corrected chi connectivity index (χ1v) is 11.3. The van der Waals surface area contributed by atoms with Crippen molar-refractivity contribution >= 4 is 6.03 Å². The standard InChI is InChI=1S/C25H31N5O2/c1-18-23(19(2)30(29-18)17-20-8-4-3-5-9-20)16-28-25(31)27-15-21-12-13-24(26-14-21)32-22-10-6-7-11-22/h3-5,8-9,12-14,22H,6-7,10-11,15-17H2,1-2H3,(H2,27,28,31). The van der Waals surface area contributed by atoms with Crippen LogP contribution in [0.15, 0.2) is 48.7 Å². The zero-order valence-electron chi connectivity index (χ0n) is 18.8. The molecule has 0 saturated heterocycles. The van der Waals surface area contributed by atoms with Crippen molar-refractivity contribution in [1.82, 2.24) is 25.4 Å². The first kappa shape index (κ1) is 21.9. The Hall–Kier alpha value is -3.35. The zero-order valence-corrected chi connectivity index (χ0v) is 18.8. The molecular formula is C25H31N5O2. The summed E-state index contributed by atoms with van der Waals surface area (Å²) in [5.41, 5.74) is 5.17. The Bertz CT molecular complexity index is 1020. The van der Waals surface area contributed by atoms with E-state index in [0.717, 1.165) is 35.4 Å². The predicted octanol–water partition coefficient (Wildman–Crippen LogP) is 4.26. The van der Waals surface area contributed by atoms with Crippen LogP contribution >= 0.6 is 0 Å². The molecule has 1 aliphatic carbocycles. The normalized spacial score (nSPS) is 13.8. The number of nitrogens with zero attached hydrogens (tertiary/aromatic N) is 3. The molecule has 1 aromatic carbocycles. The molecule has 2 amide bonds. The van der Waals surface area contributed by atoms with Crippen LogP contribution in [0.3, 0.4) is 0 Å². The molecule has 2 aromatic heterocycles. The number of aryl methyl sites for hydroxylation is 1. The predicted molar refractivity (Wildman–Crippen MR) is 123 cm³/mol. The van der Waals surface area contributed by atoms with Crippen molar-refractivity contribution in [3.63, 3.8) is 0 Å². The Balaban J connectivity index is 1.25. The maximum Gasteiger partial charge on any atom is 0.315 e. The highest BCUT2D eigenvalue weighted by Crippen LogP contribution is 2.22. The lowest BCUT2D eigenvalue weighted by molar-refractivity contribution is 0.201. The van der Waals surface area contributed by atoms with Crippen molar-refractivity contribution in [2.24, 2.45) is 0 Å². The first-order chi connectivity index (χ1) is 15.6. The number of urea groups is 1. The minimum absolute atomic E-state index is 0.217. The van der Waals surface area contributed by atoms with Crippen molar-refractivity contribution in [2.75, 3.05) is 0 Å².